The van der Waals surface area contributed by atoms with Crippen LogP contribution in [-0.2, 0) is 14.3 Å². The number of nitrogens with one attached hydrogen (secondary N) is 1. The zero-order valence-electron chi connectivity index (χ0n) is 10.9. The molecular weight excluding hydrogens is 248 g/mol. The molecule has 1 aliphatic heterocycles. The molecule has 2 atom stereocenters. The number of nitrogens with zero attached hydrogens (tertiary/aromatic N) is 1. The average Bonchev–Trinajstić information content (AvgIpc) is 2.46. The molecule has 1 N–H and O–H groups in total. The van der Waals surface area contributed by atoms with E-state index >= 15 is 0 Å². The monoisotopic (exact) mass is 264 g/mol. The SMILES string of the molecule is COC(=O)C1CC(=O)NCC1c1ccc(OC)cn1. The van der Waals surface area contributed by atoms with E-state index in [1.165, 1.54) is 7.11 Å². The number of pyridine rings is 1. The van der Waals surface area contributed by atoms with Gasteiger partial charge in [-0.2, -0.15) is 0 Å². The van der Waals surface area contributed by atoms with Crippen molar-refractivity contribution in [1.82, 2.24) is 10.3 Å². The summed E-state index contributed by atoms with van der Waals surface area (Å²) in [4.78, 5) is 27.5. The smallest absolute Gasteiger partial charge is 0.309 e. The van der Waals surface area contributed by atoms with Crippen LogP contribution in [0, 0.1) is 5.92 Å². The van der Waals surface area contributed by atoms with Gasteiger partial charge in [-0.25, -0.2) is 0 Å². The van der Waals surface area contributed by atoms with Gasteiger partial charge in [0.25, 0.3) is 0 Å². The van der Waals surface area contributed by atoms with Gasteiger partial charge in [0.2, 0.25) is 5.91 Å². The fraction of sp³-hybridized carbons (Fsp3) is 0.462. The molecule has 6 heteroatoms. The maximum atomic E-state index is 11.8. The molecule has 0 saturated carbocycles. The summed E-state index contributed by atoms with van der Waals surface area (Å²) >= 11 is 0. The van der Waals surface area contributed by atoms with Crippen molar-refractivity contribution in [2.75, 3.05) is 20.8 Å². The van der Waals surface area contributed by atoms with Crippen LogP contribution in [0.1, 0.15) is 18.0 Å². The van der Waals surface area contributed by atoms with E-state index in [0.717, 1.165) is 5.69 Å². The molecule has 6 nitrogen and oxygen atoms in total. The number of carbonyl (C=O) groups is 2. The van der Waals surface area contributed by atoms with Crippen LogP contribution >= 0.6 is 0 Å². The normalized spacial score (nSPS) is 22.5. The molecule has 0 aromatic carbocycles. The summed E-state index contributed by atoms with van der Waals surface area (Å²) in [5.74, 6) is -0.522. The number of ether oxygens (including phenoxy) is 2. The first-order valence-electron chi connectivity index (χ1n) is 6.00. The van der Waals surface area contributed by atoms with Crippen molar-refractivity contribution in [3.8, 4) is 5.75 Å². The summed E-state index contributed by atoms with van der Waals surface area (Å²) in [6.07, 6.45) is 1.73. The lowest BCUT2D eigenvalue weighted by Crippen LogP contribution is -2.43. The van der Waals surface area contributed by atoms with Gasteiger partial charge in [0, 0.05) is 24.6 Å². The molecular formula is C13H16N2O4. The van der Waals surface area contributed by atoms with E-state index in [9.17, 15) is 9.59 Å². The second-order valence-electron chi connectivity index (χ2n) is 4.37. The van der Waals surface area contributed by atoms with Crippen molar-refractivity contribution in [3.05, 3.63) is 24.0 Å². The summed E-state index contributed by atoms with van der Waals surface area (Å²) in [5.41, 5.74) is 0.746. The highest BCUT2D eigenvalue weighted by Crippen LogP contribution is 2.30. The molecule has 0 bridgehead atoms. The van der Waals surface area contributed by atoms with Crippen molar-refractivity contribution in [3.63, 3.8) is 0 Å². The van der Waals surface area contributed by atoms with Gasteiger partial charge >= 0.3 is 5.97 Å². The number of amides is 1. The molecule has 0 aliphatic carbocycles. The van der Waals surface area contributed by atoms with Gasteiger partial charge in [0.15, 0.2) is 0 Å². The Morgan fingerprint density at radius 1 is 1.42 bits per heavy atom. The van der Waals surface area contributed by atoms with E-state index in [1.807, 2.05) is 0 Å². The zero-order valence-corrected chi connectivity index (χ0v) is 10.9. The first-order valence-corrected chi connectivity index (χ1v) is 6.00. The Morgan fingerprint density at radius 2 is 2.21 bits per heavy atom. The maximum Gasteiger partial charge on any atom is 0.309 e. The highest BCUT2D eigenvalue weighted by molar-refractivity contribution is 5.85. The van der Waals surface area contributed by atoms with Crippen molar-refractivity contribution in [2.24, 2.45) is 5.92 Å². The third-order valence-corrected chi connectivity index (χ3v) is 3.29. The fourth-order valence-corrected chi connectivity index (χ4v) is 2.22. The number of piperidine rings is 1. The summed E-state index contributed by atoms with van der Waals surface area (Å²) in [6.45, 7) is 0.387. The summed E-state index contributed by atoms with van der Waals surface area (Å²) in [5, 5.41) is 2.75. The topological polar surface area (TPSA) is 77.5 Å². The van der Waals surface area contributed by atoms with Crippen molar-refractivity contribution in [2.45, 2.75) is 12.3 Å². The number of hydrogen-bond acceptors (Lipinski definition) is 5. The van der Waals surface area contributed by atoms with Gasteiger partial charge in [0.05, 0.1) is 26.3 Å². The number of carbonyl (C=O) groups excluding carboxylic acids is 2. The zero-order chi connectivity index (χ0) is 13.8. The summed E-state index contributed by atoms with van der Waals surface area (Å²) in [6, 6.07) is 3.59. The lowest BCUT2D eigenvalue weighted by atomic mass is 9.83. The fourth-order valence-electron chi connectivity index (χ4n) is 2.22. The Kier molecular flexibility index (Phi) is 3.99. The average molecular weight is 264 g/mol. The van der Waals surface area contributed by atoms with Crippen molar-refractivity contribution < 1.29 is 19.1 Å². The number of methoxy groups -OCH3 is 2. The van der Waals surface area contributed by atoms with Gasteiger partial charge in [-0.05, 0) is 12.1 Å². The predicted molar refractivity (Wildman–Crippen MR) is 66.7 cm³/mol. The molecule has 1 saturated heterocycles. The molecule has 2 rings (SSSR count). The van der Waals surface area contributed by atoms with Gasteiger partial charge in [-0.3, -0.25) is 14.6 Å². The third-order valence-electron chi connectivity index (χ3n) is 3.29. The first kappa shape index (κ1) is 13.3. The van der Waals surface area contributed by atoms with Crippen molar-refractivity contribution >= 4 is 11.9 Å². The molecule has 0 spiro atoms. The largest absolute Gasteiger partial charge is 0.495 e. The maximum absolute atomic E-state index is 11.8. The van der Waals surface area contributed by atoms with Crippen LogP contribution in [0.2, 0.25) is 0 Å². The molecule has 19 heavy (non-hydrogen) atoms. The minimum Gasteiger partial charge on any atom is -0.495 e. The minimum absolute atomic E-state index is 0.130. The molecule has 2 heterocycles. The van der Waals surface area contributed by atoms with Crippen LogP contribution in [0.25, 0.3) is 0 Å². The lowest BCUT2D eigenvalue weighted by Gasteiger charge is -2.29. The van der Waals surface area contributed by atoms with Crippen LogP contribution in [-0.4, -0.2) is 37.6 Å². The Hall–Kier alpha value is -2.11. The Bertz CT molecular complexity index is 472. The van der Waals surface area contributed by atoms with Crippen LogP contribution < -0.4 is 10.1 Å². The number of aromatic nitrogens is 1. The number of hydrogen-bond donors (Lipinski definition) is 1. The summed E-state index contributed by atoms with van der Waals surface area (Å²) in [7, 11) is 2.89. The van der Waals surface area contributed by atoms with Gasteiger partial charge in [0.1, 0.15) is 5.75 Å². The van der Waals surface area contributed by atoms with E-state index in [2.05, 4.69) is 10.3 Å². The van der Waals surface area contributed by atoms with Gasteiger partial charge in [-0.15, -0.1) is 0 Å². The van der Waals surface area contributed by atoms with E-state index in [0.29, 0.717) is 12.3 Å². The highest BCUT2D eigenvalue weighted by atomic mass is 16.5. The van der Waals surface area contributed by atoms with E-state index < -0.39 is 5.92 Å². The highest BCUT2D eigenvalue weighted by Gasteiger charge is 2.36. The second-order valence-corrected chi connectivity index (χ2v) is 4.37. The predicted octanol–water partition coefficient (Wildman–Crippen LogP) is 0.483. The Balaban J connectivity index is 2.23. The molecule has 1 aromatic heterocycles. The molecule has 102 valence electrons. The van der Waals surface area contributed by atoms with Crippen LogP contribution in [0.15, 0.2) is 18.3 Å². The van der Waals surface area contributed by atoms with Crippen LogP contribution in [0.3, 0.4) is 0 Å². The van der Waals surface area contributed by atoms with E-state index in [4.69, 9.17) is 9.47 Å². The van der Waals surface area contributed by atoms with Crippen LogP contribution in [0.4, 0.5) is 0 Å². The molecule has 1 aliphatic rings. The molecule has 0 radical (unpaired) electrons. The van der Waals surface area contributed by atoms with E-state index in [-0.39, 0.29) is 24.2 Å². The standard InChI is InChI=1S/C13H16N2O4/c1-18-8-3-4-11(14-6-8)10-7-15-12(16)5-9(10)13(17)19-2/h3-4,6,9-10H,5,7H2,1-2H3,(H,15,16). The third kappa shape index (κ3) is 2.83. The number of esters is 1. The molecule has 1 amide bonds. The second kappa shape index (κ2) is 5.69. The minimum atomic E-state index is -0.486. The molecule has 1 aromatic rings. The van der Waals surface area contributed by atoms with Gasteiger partial charge < -0.3 is 14.8 Å². The quantitative estimate of drug-likeness (QED) is 0.804. The van der Waals surface area contributed by atoms with E-state index in [1.54, 1.807) is 25.4 Å². The molecule has 2 unspecified atom stereocenters. The number of rotatable bonds is 3. The molecule has 1 fully saturated rings. The lowest BCUT2D eigenvalue weighted by molar-refractivity contribution is -0.149. The summed E-state index contributed by atoms with van der Waals surface area (Å²) < 4.78 is 9.81. The Labute approximate surface area is 111 Å². The first-order chi connectivity index (χ1) is 9.15. The van der Waals surface area contributed by atoms with Crippen LogP contribution in [0.5, 0.6) is 5.75 Å². The van der Waals surface area contributed by atoms with Crippen molar-refractivity contribution in [1.29, 1.82) is 0 Å². The Morgan fingerprint density at radius 3 is 2.79 bits per heavy atom. The van der Waals surface area contributed by atoms with Gasteiger partial charge in [-0.1, -0.05) is 0 Å².